The molecule has 1 N–H and O–H groups in total. The minimum atomic E-state index is -5.74. The van der Waals surface area contributed by atoms with Crippen LogP contribution in [0.3, 0.4) is 0 Å². The van der Waals surface area contributed by atoms with Crippen molar-refractivity contribution in [2.45, 2.75) is 31.2 Å². The molecule has 0 spiro atoms. The predicted molar refractivity (Wildman–Crippen MR) is 96.0 cm³/mol. The second kappa shape index (κ2) is 8.17. The number of nitrogens with zero attached hydrogens (tertiary/aromatic N) is 1. The third-order valence-corrected chi connectivity index (χ3v) is 5.06. The van der Waals surface area contributed by atoms with Gasteiger partial charge in [0.2, 0.25) is 5.91 Å². The molecule has 0 fully saturated rings. The summed E-state index contributed by atoms with van der Waals surface area (Å²) in [5.41, 5.74) is -4.99. The average molecular weight is 416 g/mol. The van der Waals surface area contributed by atoms with E-state index in [1.807, 2.05) is 12.1 Å². The van der Waals surface area contributed by atoms with Crippen molar-refractivity contribution in [2.24, 2.45) is 0 Å². The second-order valence-electron chi connectivity index (χ2n) is 6.49. The van der Waals surface area contributed by atoms with Gasteiger partial charge in [-0.05, 0) is 55.7 Å². The van der Waals surface area contributed by atoms with Gasteiger partial charge in [0.25, 0.3) is 0 Å². The standard InChI is InChI=1S/C18H19F3N2O4S/c1-17(2,16(24)23-12-9-13-7-10-22-11-8-13)14-3-5-15(6-4-14)27-28(25,26)18(19,20)21/h3-8,10-11H,9,12H2,1-2H3,(H,23,24). The maximum absolute atomic E-state index is 12.5. The van der Waals surface area contributed by atoms with Crippen molar-refractivity contribution in [3.8, 4) is 5.75 Å². The maximum Gasteiger partial charge on any atom is 0.534 e. The van der Waals surface area contributed by atoms with Gasteiger partial charge in [-0.25, -0.2) is 0 Å². The zero-order valence-electron chi connectivity index (χ0n) is 15.2. The lowest BCUT2D eigenvalue weighted by Crippen LogP contribution is -2.40. The van der Waals surface area contributed by atoms with E-state index in [1.54, 1.807) is 26.2 Å². The highest BCUT2D eigenvalue weighted by Gasteiger charge is 2.48. The first kappa shape index (κ1) is 21.7. The van der Waals surface area contributed by atoms with E-state index in [1.165, 1.54) is 12.1 Å². The predicted octanol–water partition coefficient (Wildman–Crippen LogP) is 2.95. The van der Waals surface area contributed by atoms with Crippen LogP contribution in [0.5, 0.6) is 5.75 Å². The highest BCUT2D eigenvalue weighted by molar-refractivity contribution is 7.88. The van der Waals surface area contributed by atoms with E-state index in [0.717, 1.165) is 17.7 Å². The monoisotopic (exact) mass is 416 g/mol. The molecule has 0 aliphatic carbocycles. The third kappa shape index (κ3) is 5.22. The van der Waals surface area contributed by atoms with Crippen LogP contribution in [0.2, 0.25) is 0 Å². The molecule has 1 aromatic carbocycles. The van der Waals surface area contributed by atoms with Crippen LogP contribution in [0.1, 0.15) is 25.0 Å². The van der Waals surface area contributed by atoms with Gasteiger partial charge in [0.05, 0.1) is 5.41 Å². The Balaban J connectivity index is 2.01. The molecule has 0 radical (unpaired) electrons. The smallest absolute Gasteiger partial charge is 0.376 e. The highest BCUT2D eigenvalue weighted by Crippen LogP contribution is 2.29. The normalized spacial score (nSPS) is 12.5. The van der Waals surface area contributed by atoms with Crippen molar-refractivity contribution in [1.82, 2.24) is 10.3 Å². The maximum atomic E-state index is 12.5. The summed E-state index contributed by atoms with van der Waals surface area (Å²) in [4.78, 5) is 16.4. The van der Waals surface area contributed by atoms with Crippen LogP contribution in [0, 0.1) is 0 Å². The van der Waals surface area contributed by atoms with Crippen LogP contribution in [-0.4, -0.2) is 31.4 Å². The highest BCUT2D eigenvalue weighted by atomic mass is 32.2. The third-order valence-electron chi connectivity index (χ3n) is 4.08. The SMILES string of the molecule is CC(C)(C(=O)NCCc1ccncc1)c1ccc(OS(=O)(=O)C(F)(F)F)cc1. The fourth-order valence-corrected chi connectivity index (χ4v) is 2.78. The molecule has 2 rings (SSSR count). The number of halogens is 3. The lowest BCUT2D eigenvalue weighted by atomic mass is 9.83. The Morgan fingerprint density at radius 2 is 1.64 bits per heavy atom. The molecular formula is C18H19F3N2O4S. The summed E-state index contributed by atoms with van der Waals surface area (Å²) in [6.45, 7) is 3.70. The Morgan fingerprint density at radius 1 is 1.07 bits per heavy atom. The van der Waals surface area contributed by atoms with Gasteiger partial charge in [0.1, 0.15) is 5.75 Å². The molecule has 152 valence electrons. The van der Waals surface area contributed by atoms with Crippen LogP contribution in [0.25, 0.3) is 0 Å². The van der Waals surface area contributed by atoms with Crippen molar-refractivity contribution >= 4 is 16.0 Å². The number of rotatable bonds is 7. The van der Waals surface area contributed by atoms with Crippen LogP contribution >= 0.6 is 0 Å². The molecule has 0 aliphatic rings. The van der Waals surface area contributed by atoms with Gasteiger partial charge in [0.15, 0.2) is 0 Å². The molecule has 28 heavy (non-hydrogen) atoms. The fourth-order valence-electron chi connectivity index (χ4n) is 2.32. The minimum absolute atomic E-state index is 0.280. The van der Waals surface area contributed by atoms with E-state index in [0.29, 0.717) is 18.5 Å². The van der Waals surface area contributed by atoms with E-state index >= 15 is 0 Å². The largest absolute Gasteiger partial charge is 0.534 e. The van der Waals surface area contributed by atoms with E-state index in [4.69, 9.17) is 0 Å². The van der Waals surface area contributed by atoms with E-state index in [9.17, 15) is 26.4 Å². The quantitative estimate of drug-likeness (QED) is 0.554. The zero-order chi connectivity index (χ0) is 21.0. The molecule has 0 aliphatic heterocycles. The Labute approximate surface area is 160 Å². The number of benzene rings is 1. The number of hydrogen-bond donors (Lipinski definition) is 1. The van der Waals surface area contributed by atoms with E-state index < -0.39 is 26.8 Å². The molecule has 1 aromatic heterocycles. The first-order chi connectivity index (χ1) is 12.9. The summed E-state index contributed by atoms with van der Waals surface area (Å²) in [5, 5.41) is 2.81. The van der Waals surface area contributed by atoms with Crippen molar-refractivity contribution in [3.05, 3.63) is 59.9 Å². The van der Waals surface area contributed by atoms with Gasteiger partial charge in [0, 0.05) is 18.9 Å². The average Bonchev–Trinajstić information content (AvgIpc) is 2.61. The number of nitrogens with one attached hydrogen (secondary N) is 1. The number of hydrogen-bond acceptors (Lipinski definition) is 5. The summed E-state index contributed by atoms with van der Waals surface area (Å²) in [5.74, 6) is -0.770. The number of amides is 1. The molecule has 0 saturated carbocycles. The summed E-state index contributed by atoms with van der Waals surface area (Å²) >= 11 is 0. The molecule has 0 bridgehead atoms. The minimum Gasteiger partial charge on any atom is -0.376 e. The molecule has 0 atom stereocenters. The zero-order valence-corrected chi connectivity index (χ0v) is 16.0. The lowest BCUT2D eigenvalue weighted by Gasteiger charge is -2.24. The van der Waals surface area contributed by atoms with Gasteiger partial charge < -0.3 is 9.50 Å². The molecule has 1 amide bonds. The molecule has 1 heterocycles. The molecule has 10 heteroatoms. The number of aromatic nitrogens is 1. The van der Waals surface area contributed by atoms with Crippen molar-refractivity contribution < 1.29 is 30.6 Å². The molecule has 2 aromatic rings. The summed E-state index contributed by atoms with van der Waals surface area (Å²) in [7, 11) is -5.74. The summed E-state index contributed by atoms with van der Waals surface area (Å²) in [6, 6.07) is 8.53. The first-order valence-electron chi connectivity index (χ1n) is 8.22. The summed E-state index contributed by atoms with van der Waals surface area (Å²) in [6.07, 6.45) is 3.93. The Morgan fingerprint density at radius 3 is 2.18 bits per heavy atom. The topological polar surface area (TPSA) is 85.4 Å². The lowest BCUT2D eigenvalue weighted by molar-refractivity contribution is -0.125. The second-order valence-corrected chi connectivity index (χ2v) is 8.03. The van der Waals surface area contributed by atoms with Crippen molar-refractivity contribution in [2.75, 3.05) is 6.54 Å². The van der Waals surface area contributed by atoms with Crippen LogP contribution < -0.4 is 9.50 Å². The van der Waals surface area contributed by atoms with Crippen LogP contribution in [0.15, 0.2) is 48.8 Å². The Hall–Kier alpha value is -2.62. The Bertz CT molecular complexity index is 912. The summed E-state index contributed by atoms with van der Waals surface area (Å²) < 4.78 is 63.2. The van der Waals surface area contributed by atoms with Crippen LogP contribution in [-0.2, 0) is 26.7 Å². The van der Waals surface area contributed by atoms with Crippen LogP contribution in [0.4, 0.5) is 13.2 Å². The molecule has 6 nitrogen and oxygen atoms in total. The van der Waals surface area contributed by atoms with Gasteiger partial charge in [-0.2, -0.15) is 21.6 Å². The van der Waals surface area contributed by atoms with Gasteiger partial charge in [-0.3, -0.25) is 9.78 Å². The number of alkyl halides is 3. The first-order valence-corrected chi connectivity index (χ1v) is 9.63. The Kier molecular flexibility index (Phi) is 6.33. The van der Waals surface area contributed by atoms with Crippen molar-refractivity contribution in [1.29, 1.82) is 0 Å². The molecule has 0 saturated heterocycles. The van der Waals surface area contributed by atoms with Gasteiger partial charge in [-0.15, -0.1) is 0 Å². The van der Waals surface area contributed by atoms with E-state index in [2.05, 4.69) is 14.5 Å². The van der Waals surface area contributed by atoms with Gasteiger partial charge >= 0.3 is 15.6 Å². The molecular weight excluding hydrogens is 397 g/mol. The molecule has 0 unspecified atom stereocenters. The number of carbonyl (C=O) groups excluding carboxylic acids is 1. The number of carbonyl (C=O) groups is 1. The number of pyridine rings is 1. The van der Waals surface area contributed by atoms with E-state index in [-0.39, 0.29) is 5.91 Å². The fraction of sp³-hybridized carbons (Fsp3) is 0.333. The van der Waals surface area contributed by atoms with Gasteiger partial charge in [-0.1, -0.05) is 12.1 Å². The van der Waals surface area contributed by atoms with Crippen molar-refractivity contribution in [3.63, 3.8) is 0 Å².